The first-order chi connectivity index (χ1) is 14.0. The lowest BCUT2D eigenvalue weighted by molar-refractivity contribution is 0.425. The Hall–Kier alpha value is -1.33. The average Bonchev–Trinajstić information content (AvgIpc) is 2.70. The summed E-state index contributed by atoms with van der Waals surface area (Å²) in [4.78, 5) is 6.27. The van der Waals surface area contributed by atoms with Gasteiger partial charge in [-0.05, 0) is 49.8 Å². The molecule has 2 unspecified atom stereocenters. The fourth-order valence-corrected chi connectivity index (χ4v) is 5.58. The number of para-hydroxylation sites is 1. The number of nitrogens with one attached hydrogen (secondary N) is 1. The molecule has 2 fully saturated rings. The molecule has 2 aliphatic rings. The summed E-state index contributed by atoms with van der Waals surface area (Å²) in [5, 5.41) is 4.94. The molecule has 0 amide bonds. The van der Waals surface area contributed by atoms with Crippen molar-refractivity contribution in [3.63, 3.8) is 0 Å². The molecular formula is C23H27Cl2N3S. The van der Waals surface area contributed by atoms with Crippen molar-refractivity contribution < 1.29 is 0 Å². The largest absolute Gasteiger partial charge is 0.366 e. The third kappa shape index (κ3) is 5.05. The molecule has 0 aliphatic carbocycles. The zero-order valence-corrected chi connectivity index (χ0v) is 19.2. The normalized spacial score (nSPS) is 24.2. The number of halogens is 2. The van der Waals surface area contributed by atoms with Crippen LogP contribution in [0.3, 0.4) is 0 Å². The summed E-state index contributed by atoms with van der Waals surface area (Å²) < 4.78 is 0. The molecule has 6 heteroatoms. The Morgan fingerprint density at radius 1 is 1.10 bits per heavy atom. The van der Waals surface area contributed by atoms with Crippen LogP contribution in [0, 0.1) is 0 Å². The third-order valence-electron chi connectivity index (χ3n) is 5.53. The van der Waals surface area contributed by atoms with Crippen LogP contribution in [0.2, 0.25) is 10.0 Å². The lowest BCUT2D eigenvalue weighted by Crippen LogP contribution is -2.54. The van der Waals surface area contributed by atoms with E-state index < -0.39 is 0 Å². The molecule has 2 aromatic rings. The summed E-state index contributed by atoms with van der Waals surface area (Å²) in [5.74, 6) is 1.05. The second kappa shape index (κ2) is 9.22. The molecule has 29 heavy (non-hydrogen) atoms. The average molecular weight is 448 g/mol. The molecule has 2 aromatic carbocycles. The molecule has 2 atom stereocenters. The van der Waals surface area contributed by atoms with E-state index >= 15 is 0 Å². The van der Waals surface area contributed by atoms with Crippen LogP contribution in [0.15, 0.2) is 47.4 Å². The van der Waals surface area contributed by atoms with Crippen molar-refractivity contribution in [1.29, 1.82) is 0 Å². The van der Waals surface area contributed by atoms with E-state index in [1.807, 2.05) is 23.9 Å². The molecule has 2 aliphatic heterocycles. The van der Waals surface area contributed by atoms with Gasteiger partial charge >= 0.3 is 0 Å². The monoisotopic (exact) mass is 447 g/mol. The molecule has 0 spiro atoms. The van der Waals surface area contributed by atoms with E-state index in [1.165, 1.54) is 16.2 Å². The summed E-state index contributed by atoms with van der Waals surface area (Å²) in [6, 6.07) is 15.5. The lowest BCUT2D eigenvalue weighted by atomic mass is 10.1. The summed E-state index contributed by atoms with van der Waals surface area (Å²) >= 11 is 14.4. The van der Waals surface area contributed by atoms with Crippen molar-refractivity contribution in [2.24, 2.45) is 0 Å². The molecule has 2 saturated heterocycles. The standard InChI is InChI=1S/C23H27Cl2N3S/c1-16-14-28(17(2)13-26-16)23-6-4-3-5-18(23)9-22-15-27(7-8-29-22)21-11-19(24)10-20(25)12-21/h3-6,9-12,16-17,26H,7-8,13-15H2,1-2H3. The minimum Gasteiger partial charge on any atom is -0.366 e. The fraction of sp³-hybridized carbons (Fsp3) is 0.391. The first-order valence-corrected chi connectivity index (χ1v) is 11.9. The summed E-state index contributed by atoms with van der Waals surface area (Å²) in [6.45, 7) is 8.47. The zero-order chi connectivity index (χ0) is 20.4. The van der Waals surface area contributed by atoms with Gasteiger partial charge in [0.05, 0.1) is 0 Å². The van der Waals surface area contributed by atoms with Gasteiger partial charge in [0.1, 0.15) is 0 Å². The molecule has 0 bridgehead atoms. The van der Waals surface area contributed by atoms with Gasteiger partial charge in [0.2, 0.25) is 0 Å². The highest BCUT2D eigenvalue weighted by Crippen LogP contribution is 2.33. The van der Waals surface area contributed by atoms with E-state index in [0.717, 1.165) is 37.6 Å². The van der Waals surface area contributed by atoms with Crippen LogP contribution < -0.4 is 15.1 Å². The van der Waals surface area contributed by atoms with E-state index in [1.54, 1.807) is 6.07 Å². The maximum Gasteiger partial charge on any atom is 0.0489 e. The van der Waals surface area contributed by atoms with Gasteiger partial charge in [-0.15, -0.1) is 11.8 Å². The SMILES string of the molecule is CC1CN(c2ccccc2C=C2CN(c3cc(Cl)cc(Cl)c3)CCS2)C(C)CN1. The molecule has 3 nitrogen and oxygen atoms in total. The van der Waals surface area contributed by atoms with Gasteiger partial charge in [-0.2, -0.15) is 0 Å². The number of piperazine rings is 1. The molecule has 0 radical (unpaired) electrons. The molecule has 1 N–H and O–H groups in total. The van der Waals surface area contributed by atoms with Crippen LogP contribution >= 0.6 is 35.0 Å². The van der Waals surface area contributed by atoms with Crippen LogP contribution in [0.4, 0.5) is 11.4 Å². The Morgan fingerprint density at radius 3 is 2.66 bits per heavy atom. The summed E-state index contributed by atoms with van der Waals surface area (Å²) in [6.07, 6.45) is 2.36. The van der Waals surface area contributed by atoms with Crippen molar-refractivity contribution in [3.8, 4) is 0 Å². The van der Waals surface area contributed by atoms with Gasteiger partial charge in [0.25, 0.3) is 0 Å². The Morgan fingerprint density at radius 2 is 1.86 bits per heavy atom. The van der Waals surface area contributed by atoms with Crippen LogP contribution in [-0.4, -0.2) is 44.0 Å². The van der Waals surface area contributed by atoms with Gasteiger partial charge < -0.3 is 15.1 Å². The first kappa shape index (κ1) is 20.9. The number of nitrogens with zero attached hydrogens (tertiary/aromatic N) is 2. The Bertz CT molecular complexity index is 881. The Balaban J connectivity index is 1.59. The minimum absolute atomic E-state index is 0.481. The van der Waals surface area contributed by atoms with E-state index in [2.05, 4.69) is 59.3 Å². The lowest BCUT2D eigenvalue weighted by Gasteiger charge is -2.40. The number of benzene rings is 2. The maximum absolute atomic E-state index is 6.23. The second-order valence-electron chi connectivity index (χ2n) is 7.88. The molecule has 0 aromatic heterocycles. The highest BCUT2D eigenvalue weighted by molar-refractivity contribution is 8.03. The van der Waals surface area contributed by atoms with Gasteiger partial charge in [0, 0.05) is 70.3 Å². The smallest absolute Gasteiger partial charge is 0.0489 e. The molecule has 2 heterocycles. The number of hydrogen-bond donors (Lipinski definition) is 1. The van der Waals surface area contributed by atoms with Crippen LogP contribution in [0.5, 0.6) is 0 Å². The van der Waals surface area contributed by atoms with Crippen molar-refractivity contribution >= 4 is 52.4 Å². The second-order valence-corrected chi connectivity index (χ2v) is 9.97. The zero-order valence-electron chi connectivity index (χ0n) is 16.9. The Kier molecular flexibility index (Phi) is 6.65. The Labute approximate surface area is 188 Å². The van der Waals surface area contributed by atoms with Crippen molar-refractivity contribution in [1.82, 2.24) is 5.32 Å². The van der Waals surface area contributed by atoms with E-state index in [4.69, 9.17) is 23.2 Å². The van der Waals surface area contributed by atoms with Crippen LogP contribution in [0.1, 0.15) is 19.4 Å². The van der Waals surface area contributed by atoms with Crippen molar-refractivity contribution in [2.45, 2.75) is 25.9 Å². The fourth-order valence-electron chi connectivity index (χ4n) is 4.03. The highest BCUT2D eigenvalue weighted by atomic mass is 35.5. The first-order valence-electron chi connectivity index (χ1n) is 10.1. The maximum atomic E-state index is 6.23. The third-order valence-corrected chi connectivity index (χ3v) is 6.98. The molecule has 0 saturated carbocycles. The number of thioether (sulfide) groups is 1. The topological polar surface area (TPSA) is 18.5 Å². The predicted molar refractivity (Wildman–Crippen MR) is 130 cm³/mol. The molecule has 154 valence electrons. The predicted octanol–water partition coefficient (Wildman–Crippen LogP) is 5.77. The van der Waals surface area contributed by atoms with E-state index in [0.29, 0.717) is 22.1 Å². The van der Waals surface area contributed by atoms with Gasteiger partial charge in [-0.25, -0.2) is 0 Å². The number of anilines is 2. The molecule has 4 rings (SSSR count). The summed E-state index contributed by atoms with van der Waals surface area (Å²) in [7, 11) is 0. The highest BCUT2D eigenvalue weighted by Gasteiger charge is 2.24. The van der Waals surface area contributed by atoms with Crippen molar-refractivity contribution in [2.75, 3.05) is 41.7 Å². The summed E-state index contributed by atoms with van der Waals surface area (Å²) in [5.41, 5.74) is 3.71. The van der Waals surface area contributed by atoms with Gasteiger partial charge in [-0.1, -0.05) is 41.4 Å². The van der Waals surface area contributed by atoms with Crippen LogP contribution in [0.25, 0.3) is 6.08 Å². The van der Waals surface area contributed by atoms with Gasteiger partial charge in [-0.3, -0.25) is 0 Å². The quantitative estimate of drug-likeness (QED) is 0.642. The number of hydrogen-bond acceptors (Lipinski definition) is 4. The van der Waals surface area contributed by atoms with Crippen LogP contribution in [-0.2, 0) is 0 Å². The molecular weight excluding hydrogens is 421 g/mol. The minimum atomic E-state index is 0.481. The van der Waals surface area contributed by atoms with Crippen molar-refractivity contribution in [3.05, 3.63) is 63.0 Å². The number of rotatable bonds is 3. The van der Waals surface area contributed by atoms with E-state index in [9.17, 15) is 0 Å². The van der Waals surface area contributed by atoms with E-state index in [-0.39, 0.29) is 0 Å². The van der Waals surface area contributed by atoms with Gasteiger partial charge in [0.15, 0.2) is 0 Å².